The number of hydrogen-bond acceptors (Lipinski definition) is 6. The van der Waals surface area contributed by atoms with Crippen molar-refractivity contribution in [3.05, 3.63) is 60.4 Å². The van der Waals surface area contributed by atoms with Crippen molar-refractivity contribution >= 4 is 32.7 Å². The molecule has 148 valence electrons. The summed E-state index contributed by atoms with van der Waals surface area (Å²) in [6.07, 6.45) is 3.26. The van der Waals surface area contributed by atoms with E-state index in [1.807, 2.05) is 35.2 Å². The van der Waals surface area contributed by atoms with Crippen molar-refractivity contribution in [1.29, 1.82) is 0 Å². The first kappa shape index (κ1) is 18.0. The van der Waals surface area contributed by atoms with Crippen molar-refractivity contribution in [1.82, 2.24) is 14.3 Å². The van der Waals surface area contributed by atoms with Gasteiger partial charge in [0.2, 0.25) is 16.0 Å². The highest BCUT2D eigenvalue weighted by molar-refractivity contribution is 7.89. The quantitative estimate of drug-likeness (QED) is 0.701. The van der Waals surface area contributed by atoms with Crippen molar-refractivity contribution < 1.29 is 18.3 Å². The van der Waals surface area contributed by atoms with Crippen LogP contribution in [0.5, 0.6) is 0 Å². The number of sulfonamides is 1. The highest BCUT2D eigenvalue weighted by Crippen LogP contribution is 2.36. The SMILES string of the molecule is O=C(O)c1cnc(N2C[C@@H]3C[C@@H]2CN3S(=O)(=O)c2ccc3ccccc3c2)nc1. The summed E-state index contributed by atoms with van der Waals surface area (Å²) in [6.45, 7) is 0.855. The van der Waals surface area contributed by atoms with Crippen LogP contribution in [0.2, 0.25) is 0 Å². The van der Waals surface area contributed by atoms with Crippen LogP contribution < -0.4 is 4.90 Å². The Kier molecular flexibility index (Phi) is 4.04. The van der Waals surface area contributed by atoms with Gasteiger partial charge in [-0.1, -0.05) is 30.3 Å². The molecule has 2 aromatic carbocycles. The summed E-state index contributed by atoms with van der Waals surface area (Å²) in [5.74, 6) is -0.641. The molecule has 1 N–H and O–H groups in total. The molecule has 2 bridgehead atoms. The van der Waals surface area contributed by atoms with Gasteiger partial charge >= 0.3 is 5.97 Å². The molecule has 0 spiro atoms. The van der Waals surface area contributed by atoms with E-state index >= 15 is 0 Å². The zero-order chi connectivity index (χ0) is 20.2. The van der Waals surface area contributed by atoms with E-state index in [-0.39, 0.29) is 17.6 Å². The Bertz CT molecular complexity index is 1210. The van der Waals surface area contributed by atoms with E-state index in [4.69, 9.17) is 5.11 Å². The Morgan fingerprint density at radius 3 is 2.38 bits per heavy atom. The van der Waals surface area contributed by atoms with Crippen LogP contribution in [0.4, 0.5) is 5.95 Å². The Morgan fingerprint density at radius 1 is 1.00 bits per heavy atom. The number of benzene rings is 2. The van der Waals surface area contributed by atoms with Gasteiger partial charge in [-0.2, -0.15) is 4.31 Å². The monoisotopic (exact) mass is 410 g/mol. The molecule has 9 heteroatoms. The van der Waals surface area contributed by atoms with Crippen LogP contribution in [-0.4, -0.2) is 58.9 Å². The molecule has 0 saturated carbocycles. The molecule has 0 aliphatic carbocycles. The van der Waals surface area contributed by atoms with Gasteiger partial charge < -0.3 is 10.0 Å². The molecular formula is C20H18N4O4S. The number of aromatic carboxylic acids is 1. The number of hydrogen-bond donors (Lipinski definition) is 1. The fraction of sp³-hybridized carbons (Fsp3) is 0.250. The van der Waals surface area contributed by atoms with Gasteiger partial charge in [0, 0.05) is 37.6 Å². The number of carboxylic acids is 1. The first-order valence-corrected chi connectivity index (χ1v) is 10.7. The molecule has 2 fully saturated rings. The van der Waals surface area contributed by atoms with Crippen LogP contribution in [0.25, 0.3) is 10.8 Å². The molecule has 0 amide bonds. The van der Waals surface area contributed by atoms with Crippen molar-refractivity contribution in [2.75, 3.05) is 18.0 Å². The first-order valence-electron chi connectivity index (χ1n) is 9.26. The summed E-state index contributed by atoms with van der Waals surface area (Å²) in [7, 11) is -3.60. The zero-order valence-corrected chi connectivity index (χ0v) is 16.2. The Hall–Kier alpha value is -3.04. The summed E-state index contributed by atoms with van der Waals surface area (Å²) in [4.78, 5) is 21.5. The molecule has 3 heterocycles. The van der Waals surface area contributed by atoms with Gasteiger partial charge in [0.25, 0.3) is 0 Å². The first-order chi connectivity index (χ1) is 13.9. The number of anilines is 1. The van der Waals surface area contributed by atoms with Crippen LogP contribution in [0.3, 0.4) is 0 Å². The minimum atomic E-state index is -3.60. The van der Waals surface area contributed by atoms with E-state index in [9.17, 15) is 13.2 Å². The second-order valence-electron chi connectivity index (χ2n) is 7.36. The smallest absolute Gasteiger partial charge is 0.338 e. The van der Waals surface area contributed by atoms with Crippen LogP contribution in [0.1, 0.15) is 16.8 Å². The Labute approximate surface area is 167 Å². The van der Waals surface area contributed by atoms with Gasteiger partial charge in [-0.05, 0) is 29.3 Å². The fourth-order valence-corrected chi connectivity index (χ4v) is 5.91. The van der Waals surface area contributed by atoms with Crippen molar-refractivity contribution in [3.8, 4) is 0 Å². The molecule has 8 nitrogen and oxygen atoms in total. The van der Waals surface area contributed by atoms with E-state index in [1.165, 1.54) is 12.4 Å². The molecule has 5 rings (SSSR count). The third-order valence-electron chi connectivity index (χ3n) is 5.66. The van der Waals surface area contributed by atoms with Crippen LogP contribution in [0, 0.1) is 0 Å². The molecule has 29 heavy (non-hydrogen) atoms. The molecule has 2 saturated heterocycles. The molecule has 1 aromatic heterocycles. The number of aromatic nitrogens is 2. The summed E-state index contributed by atoms with van der Waals surface area (Å²) >= 11 is 0. The largest absolute Gasteiger partial charge is 0.478 e. The molecule has 0 unspecified atom stereocenters. The number of fused-ring (bicyclic) bond motifs is 3. The Balaban J connectivity index is 1.38. The predicted molar refractivity (Wildman–Crippen MR) is 106 cm³/mol. The van der Waals surface area contributed by atoms with Crippen molar-refractivity contribution in [2.45, 2.75) is 23.4 Å². The lowest BCUT2D eigenvalue weighted by atomic mass is 10.1. The molecule has 2 aliphatic heterocycles. The molecule has 2 aliphatic rings. The summed E-state index contributed by atoms with van der Waals surface area (Å²) < 4.78 is 28.1. The lowest BCUT2D eigenvalue weighted by Crippen LogP contribution is -2.49. The molecular weight excluding hydrogens is 392 g/mol. The summed E-state index contributed by atoms with van der Waals surface area (Å²) in [6, 6.07) is 12.7. The van der Waals surface area contributed by atoms with E-state index in [0.29, 0.717) is 30.4 Å². The third-order valence-corrected chi connectivity index (χ3v) is 7.57. The van der Waals surface area contributed by atoms with E-state index < -0.39 is 16.0 Å². The van der Waals surface area contributed by atoms with Gasteiger partial charge in [0.15, 0.2) is 0 Å². The number of piperazine rings is 1. The normalized spacial score (nSPS) is 21.7. The lowest BCUT2D eigenvalue weighted by molar-refractivity contribution is 0.0696. The summed E-state index contributed by atoms with van der Waals surface area (Å²) in [5, 5.41) is 10.9. The van der Waals surface area contributed by atoms with E-state index in [2.05, 4.69) is 9.97 Å². The highest BCUT2D eigenvalue weighted by Gasteiger charge is 2.49. The molecule has 0 radical (unpaired) electrons. The molecule has 2 atom stereocenters. The maximum Gasteiger partial charge on any atom is 0.338 e. The van der Waals surface area contributed by atoms with Gasteiger partial charge in [-0.25, -0.2) is 23.2 Å². The number of carboxylic acid groups (broad SMARTS) is 1. The lowest BCUT2D eigenvalue weighted by Gasteiger charge is -2.33. The standard InChI is InChI=1S/C20H18N4O4S/c25-19(26)15-9-21-20(22-10-15)23-11-17-8-16(23)12-24(17)29(27,28)18-6-5-13-3-1-2-4-14(13)7-18/h1-7,9-10,16-17H,8,11-12H2,(H,25,26)/t16-,17+/m1/s1. The summed E-state index contributed by atoms with van der Waals surface area (Å²) in [5.41, 5.74) is 0.0265. The van der Waals surface area contributed by atoms with Crippen molar-refractivity contribution in [3.63, 3.8) is 0 Å². The minimum absolute atomic E-state index is 0.0223. The van der Waals surface area contributed by atoms with E-state index in [0.717, 1.165) is 10.8 Å². The minimum Gasteiger partial charge on any atom is -0.478 e. The second-order valence-corrected chi connectivity index (χ2v) is 9.25. The van der Waals surface area contributed by atoms with Crippen LogP contribution >= 0.6 is 0 Å². The van der Waals surface area contributed by atoms with Crippen LogP contribution in [-0.2, 0) is 10.0 Å². The maximum absolute atomic E-state index is 13.2. The third kappa shape index (κ3) is 2.93. The zero-order valence-electron chi connectivity index (χ0n) is 15.3. The van der Waals surface area contributed by atoms with Gasteiger partial charge in [0.1, 0.15) is 0 Å². The predicted octanol–water partition coefficient (Wildman–Crippen LogP) is 1.98. The topological polar surface area (TPSA) is 104 Å². The highest BCUT2D eigenvalue weighted by atomic mass is 32.2. The number of rotatable bonds is 4. The van der Waals surface area contributed by atoms with Gasteiger partial charge in [-0.15, -0.1) is 0 Å². The average molecular weight is 410 g/mol. The van der Waals surface area contributed by atoms with Crippen molar-refractivity contribution in [2.24, 2.45) is 0 Å². The fourth-order valence-electron chi connectivity index (χ4n) is 4.21. The average Bonchev–Trinajstić information content (AvgIpc) is 3.35. The van der Waals surface area contributed by atoms with Gasteiger partial charge in [-0.3, -0.25) is 0 Å². The van der Waals surface area contributed by atoms with Crippen LogP contribution in [0.15, 0.2) is 59.8 Å². The molecule has 3 aromatic rings. The number of carbonyl (C=O) groups is 1. The second kappa shape index (κ2) is 6.50. The maximum atomic E-state index is 13.2. The number of nitrogens with zero attached hydrogens (tertiary/aromatic N) is 4. The van der Waals surface area contributed by atoms with Gasteiger partial charge in [0.05, 0.1) is 10.5 Å². The van der Waals surface area contributed by atoms with E-state index in [1.54, 1.807) is 16.4 Å². The Morgan fingerprint density at radius 2 is 1.72 bits per heavy atom.